The van der Waals surface area contributed by atoms with Crippen LogP contribution >= 0.6 is 0 Å². The molecule has 0 aliphatic heterocycles. The normalized spacial score (nSPS) is 15.4. The van der Waals surface area contributed by atoms with Gasteiger partial charge < -0.3 is 5.32 Å². The quantitative estimate of drug-likeness (QED) is 0.554. The van der Waals surface area contributed by atoms with Crippen LogP contribution in [0.2, 0.25) is 0 Å². The van der Waals surface area contributed by atoms with Gasteiger partial charge in [-0.1, -0.05) is 52.9 Å². The van der Waals surface area contributed by atoms with Gasteiger partial charge >= 0.3 is 0 Å². The Morgan fingerprint density at radius 1 is 0.929 bits per heavy atom. The molecule has 14 heavy (non-hydrogen) atoms. The predicted molar refractivity (Wildman–Crippen MR) is 65.7 cm³/mol. The Bertz CT molecular complexity index is 112. The Labute approximate surface area is 90.7 Å². The minimum Gasteiger partial charge on any atom is -0.317 e. The van der Waals surface area contributed by atoms with Crippen LogP contribution in [0.1, 0.15) is 65.7 Å². The van der Waals surface area contributed by atoms with Gasteiger partial charge in [0.05, 0.1) is 0 Å². The van der Waals surface area contributed by atoms with Gasteiger partial charge in [-0.25, -0.2) is 0 Å². The minimum absolute atomic E-state index is 0.744. The van der Waals surface area contributed by atoms with Crippen LogP contribution in [-0.2, 0) is 0 Å². The van der Waals surface area contributed by atoms with Gasteiger partial charge in [0.25, 0.3) is 0 Å². The highest BCUT2D eigenvalue weighted by Gasteiger charge is 2.13. The highest BCUT2D eigenvalue weighted by atomic mass is 14.9. The van der Waals surface area contributed by atoms with Gasteiger partial charge in [-0.2, -0.15) is 0 Å². The first kappa shape index (κ1) is 14.0. The molecule has 0 aromatic carbocycles. The molecule has 1 N–H and O–H groups in total. The van der Waals surface area contributed by atoms with Gasteiger partial charge in [-0.15, -0.1) is 0 Å². The topological polar surface area (TPSA) is 12.0 Å². The monoisotopic (exact) mass is 199 g/mol. The fourth-order valence-electron chi connectivity index (χ4n) is 2.05. The lowest BCUT2D eigenvalue weighted by molar-refractivity contribution is 0.341. The Kier molecular flexibility index (Phi) is 9.49. The summed E-state index contributed by atoms with van der Waals surface area (Å²) in [4.78, 5) is 0. The number of unbranched alkanes of at least 4 members (excludes halogenated alkanes) is 3. The SMILES string of the molecule is CCCCCC(NC)C(C)CCCC. The smallest absolute Gasteiger partial charge is 0.00896 e. The predicted octanol–water partition coefficient (Wildman–Crippen LogP) is 3.98. The first-order valence-electron chi connectivity index (χ1n) is 6.43. The van der Waals surface area contributed by atoms with Crippen LogP contribution < -0.4 is 5.32 Å². The third-order valence-corrected chi connectivity index (χ3v) is 3.19. The van der Waals surface area contributed by atoms with Crippen LogP contribution in [-0.4, -0.2) is 13.1 Å². The highest BCUT2D eigenvalue weighted by molar-refractivity contribution is 4.71. The van der Waals surface area contributed by atoms with E-state index in [0.29, 0.717) is 0 Å². The molecule has 86 valence electrons. The first-order valence-corrected chi connectivity index (χ1v) is 6.43. The van der Waals surface area contributed by atoms with Crippen LogP contribution in [0.5, 0.6) is 0 Å². The largest absolute Gasteiger partial charge is 0.317 e. The van der Waals surface area contributed by atoms with E-state index in [1.807, 2.05) is 0 Å². The molecule has 1 nitrogen and oxygen atoms in total. The molecule has 2 unspecified atom stereocenters. The fraction of sp³-hybridized carbons (Fsp3) is 1.00. The summed E-state index contributed by atoms with van der Waals surface area (Å²) in [6, 6.07) is 0.744. The van der Waals surface area contributed by atoms with E-state index in [2.05, 4.69) is 33.1 Å². The molecule has 0 aliphatic carbocycles. The molecule has 0 radical (unpaired) electrons. The standard InChI is InChI=1S/C13H29N/c1-5-7-9-11-13(14-4)12(3)10-8-6-2/h12-14H,5-11H2,1-4H3. The summed E-state index contributed by atoms with van der Waals surface area (Å²) in [6.45, 7) is 6.94. The van der Waals surface area contributed by atoms with Crippen molar-refractivity contribution in [3.05, 3.63) is 0 Å². The van der Waals surface area contributed by atoms with Gasteiger partial charge in [-0.3, -0.25) is 0 Å². The third kappa shape index (κ3) is 6.42. The van der Waals surface area contributed by atoms with Crippen molar-refractivity contribution in [3.8, 4) is 0 Å². The molecule has 0 saturated carbocycles. The van der Waals surface area contributed by atoms with E-state index in [9.17, 15) is 0 Å². The summed E-state index contributed by atoms with van der Waals surface area (Å²) in [5, 5.41) is 3.47. The van der Waals surface area contributed by atoms with E-state index >= 15 is 0 Å². The number of rotatable bonds is 9. The summed E-state index contributed by atoms with van der Waals surface area (Å²) >= 11 is 0. The van der Waals surface area contributed by atoms with Crippen LogP contribution in [0.4, 0.5) is 0 Å². The average molecular weight is 199 g/mol. The van der Waals surface area contributed by atoms with Gasteiger partial charge in [0.2, 0.25) is 0 Å². The number of hydrogen-bond acceptors (Lipinski definition) is 1. The summed E-state index contributed by atoms with van der Waals surface area (Å²) < 4.78 is 0. The molecule has 0 rings (SSSR count). The lowest BCUT2D eigenvalue weighted by Crippen LogP contribution is -2.32. The van der Waals surface area contributed by atoms with Crippen molar-refractivity contribution in [2.24, 2.45) is 5.92 Å². The molecule has 0 aromatic heterocycles. The van der Waals surface area contributed by atoms with Crippen LogP contribution in [0.3, 0.4) is 0 Å². The van der Waals surface area contributed by atoms with Crippen molar-refractivity contribution in [1.82, 2.24) is 5.32 Å². The number of nitrogens with one attached hydrogen (secondary N) is 1. The molecule has 0 aliphatic rings. The van der Waals surface area contributed by atoms with Gasteiger partial charge in [0.1, 0.15) is 0 Å². The van der Waals surface area contributed by atoms with E-state index in [1.54, 1.807) is 0 Å². The maximum absolute atomic E-state index is 3.47. The van der Waals surface area contributed by atoms with Gasteiger partial charge in [0, 0.05) is 6.04 Å². The molecule has 0 amide bonds. The summed E-state index contributed by atoms with van der Waals surface area (Å²) in [6.07, 6.45) is 9.56. The molecule has 0 aromatic rings. The molecular weight excluding hydrogens is 170 g/mol. The van der Waals surface area contributed by atoms with Crippen molar-refractivity contribution in [1.29, 1.82) is 0 Å². The van der Waals surface area contributed by atoms with Crippen molar-refractivity contribution in [3.63, 3.8) is 0 Å². The second-order valence-electron chi connectivity index (χ2n) is 4.51. The fourth-order valence-corrected chi connectivity index (χ4v) is 2.05. The van der Waals surface area contributed by atoms with Crippen LogP contribution in [0.15, 0.2) is 0 Å². The van der Waals surface area contributed by atoms with Crippen LogP contribution in [0.25, 0.3) is 0 Å². The van der Waals surface area contributed by atoms with E-state index in [4.69, 9.17) is 0 Å². The molecule has 0 saturated heterocycles. The van der Waals surface area contributed by atoms with E-state index in [-0.39, 0.29) is 0 Å². The third-order valence-electron chi connectivity index (χ3n) is 3.19. The summed E-state index contributed by atoms with van der Waals surface area (Å²) in [5.41, 5.74) is 0. The van der Waals surface area contributed by atoms with Crippen molar-refractivity contribution in [2.75, 3.05) is 7.05 Å². The molecule has 0 bridgehead atoms. The summed E-state index contributed by atoms with van der Waals surface area (Å²) in [5.74, 6) is 0.844. The molecule has 2 atom stereocenters. The maximum Gasteiger partial charge on any atom is 0.00896 e. The molecule has 0 fully saturated rings. The van der Waals surface area contributed by atoms with Crippen LogP contribution in [0, 0.1) is 5.92 Å². The second kappa shape index (κ2) is 9.51. The minimum atomic E-state index is 0.744. The Morgan fingerprint density at radius 2 is 1.57 bits per heavy atom. The van der Waals surface area contributed by atoms with Gasteiger partial charge in [0.15, 0.2) is 0 Å². The maximum atomic E-state index is 3.47. The first-order chi connectivity index (χ1) is 6.76. The van der Waals surface area contributed by atoms with E-state index < -0.39 is 0 Å². The molecule has 0 heterocycles. The van der Waals surface area contributed by atoms with E-state index in [0.717, 1.165) is 12.0 Å². The highest BCUT2D eigenvalue weighted by Crippen LogP contribution is 2.17. The second-order valence-corrected chi connectivity index (χ2v) is 4.51. The Morgan fingerprint density at radius 3 is 2.07 bits per heavy atom. The van der Waals surface area contributed by atoms with Crippen molar-refractivity contribution < 1.29 is 0 Å². The molecular formula is C13H29N. The zero-order chi connectivity index (χ0) is 10.8. The lowest BCUT2D eigenvalue weighted by atomic mass is 9.92. The molecule has 1 heteroatoms. The lowest BCUT2D eigenvalue weighted by Gasteiger charge is -2.23. The zero-order valence-corrected chi connectivity index (χ0v) is 10.6. The zero-order valence-electron chi connectivity index (χ0n) is 10.6. The van der Waals surface area contributed by atoms with Crippen molar-refractivity contribution >= 4 is 0 Å². The Balaban J connectivity index is 3.62. The molecule has 0 spiro atoms. The van der Waals surface area contributed by atoms with E-state index in [1.165, 1.54) is 44.9 Å². The van der Waals surface area contributed by atoms with Crippen molar-refractivity contribution in [2.45, 2.75) is 71.8 Å². The Hall–Kier alpha value is -0.0400. The number of hydrogen-bond donors (Lipinski definition) is 1. The van der Waals surface area contributed by atoms with Gasteiger partial charge in [-0.05, 0) is 25.8 Å². The average Bonchev–Trinajstić information content (AvgIpc) is 2.21. The summed E-state index contributed by atoms with van der Waals surface area (Å²) in [7, 11) is 2.11.